The van der Waals surface area contributed by atoms with Gasteiger partial charge in [0.2, 0.25) is 0 Å². The molecule has 0 aliphatic carbocycles. The van der Waals surface area contributed by atoms with Crippen molar-refractivity contribution in [3.8, 4) is 6.07 Å². The van der Waals surface area contributed by atoms with Crippen LogP contribution in [0, 0.1) is 16.7 Å². The Morgan fingerprint density at radius 1 is 1.33 bits per heavy atom. The van der Waals surface area contributed by atoms with Gasteiger partial charge in [-0.15, -0.1) is 0 Å². The van der Waals surface area contributed by atoms with Crippen LogP contribution in [0.15, 0.2) is 12.3 Å². The maximum Gasteiger partial charge on any atom is 0.0907 e. The highest BCUT2D eigenvalue weighted by atomic mass is 15.2. The molecule has 0 aromatic heterocycles. The van der Waals surface area contributed by atoms with Gasteiger partial charge >= 0.3 is 0 Å². The van der Waals surface area contributed by atoms with Crippen molar-refractivity contribution in [3.63, 3.8) is 0 Å². The van der Waals surface area contributed by atoms with Crippen LogP contribution in [-0.4, -0.2) is 31.1 Å². The first-order valence-electron chi connectivity index (χ1n) is 5.64. The predicted molar refractivity (Wildman–Crippen MR) is 64.3 cm³/mol. The summed E-state index contributed by atoms with van der Waals surface area (Å²) < 4.78 is 0. The number of piperazine rings is 1. The van der Waals surface area contributed by atoms with Crippen molar-refractivity contribution in [1.82, 2.24) is 10.2 Å². The molecule has 0 aromatic carbocycles. The summed E-state index contributed by atoms with van der Waals surface area (Å²) in [5.74, 6) is 0. The Labute approximate surface area is 93.8 Å². The fraction of sp³-hybridized carbons (Fsp3) is 0.750. The van der Waals surface area contributed by atoms with Gasteiger partial charge in [-0.1, -0.05) is 20.4 Å². The molecule has 86 valence electrons. The minimum atomic E-state index is -0.433. The molecule has 0 radical (unpaired) electrons. The van der Waals surface area contributed by atoms with Gasteiger partial charge in [-0.05, 0) is 13.8 Å². The molecule has 0 atom stereocenters. The number of allylic oxidation sites excluding steroid dienone is 1. The highest BCUT2D eigenvalue weighted by Crippen LogP contribution is 2.26. The van der Waals surface area contributed by atoms with Gasteiger partial charge < -0.3 is 10.2 Å². The maximum atomic E-state index is 8.94. The first-order chi connectivity index (χ1) is 7.08. The fourth-order valence-electron chi connectivity index (χ4n) is 1.39. The molecule has 0 spiro atoms. The molecule has 0 saturated carbocycles. The molecule has 1 rings (SSSR count). The van der Waals surface area contributed by atoms with E-state index in [1.807, 2.05) is 27.7 Å². The van der Waals surface area contributed by atoms with Crippen molar-refractivity contribution in [1.29, 1.82) is 5.26 Å². The van der Waals surface area contributed by atoms with E-state index in [1.165, 1.54) is 0 Å². The van der Waals surface area contributed by atoms with Gasteiger partial charge in [-0.3, -0.25) is 0 Å². The fourth-order valence-corrected chi connectivity index (χ4v) is 1.39. The highest BCUT2D eigenvalue weighted by molar-refractivity contribution is 5.16. The standard InChI is InChI=1S/C10H17N3.C2H6/c1-9(10(2,3)8-11)13-6-4-12-5-7-13;1-2/h12H,1,4-7H2,2-3H3;1-2H3. The van der Waals surface area contributed by atoms with Crippen molar-refractivity contribution in [2.24, 2.45) is 5.41 Å². The zero-order valence-corrected chi connectivity index (χ0v) is 10.4. The summed E-state index contributed by atoms with van der Waals surface area (Å²) in [6.45, 7) is 15.7. The average Bonchev–Trinajstić information content (AvgIpc) is 2.32. The minimum absolute atomic E-state index is 0.433. The monoisotopic (exact) mass is 209 g/mol. The molecule has 15 heavy (non-hydrogen) atoms. The van der Waals surface area contributed by atoms with Gasteiger partial charge in [0.15, 0.2) is 0 Å². The third-order valence-corrected chi connectivity index (χ3v) is 2.50. The molecule has 1 N–H and O–H groups in total. The molecule has 1 aliphatic rings. The summed E-state index contributed by atoms with van der Waals surface area (Å²) >= 11 is 0. The lowest BCUT2D eigenvalue weighted by Gasteiger charge is -2.35. The van der Waals surface area contributed by atoms with Crippen molar-refractivity contribution in [2.75, 3.05) is 26.2 Å². The third-order valence-electron chi connectivity index (χ3n) is 2.50. The summed E-state index contributed by atoms with van der Waals surface area (Å²) in [5.41, 5.74) is 0.508. The van der Waals surface area contributed by atoms with Crippen LogP contribution in [0.25, 0.3) is 0 Å². The number of nitriles is 1. The number of rotatable bonds is 2. The molecule has 1 fully saturated rings. The summed E-state index contributed by atoms with van der Waals surface area (Å²) in [6.07, 6.45) is 0. The van der Waals surface area contributed by atoms with Gasteiger partial charge in [-0.2, -0.15) is 5.26 Å². The van der Waals surface area contributed by atoms with Crippen LogP contribution in [0.1, 0.15) is 27.7 Å². The molecule has 0 bridgehead atoms. The van der Waals surface area contributed by atoms with Gasteiger partial charge in [0, 0.05) is 31.9 Å². The van der Waals surface area contributed by atoms with Gasteiger partial charge in [0.1, 0.15) is 0 Å². The lowest BCUT2D eigenvalue weighted by Crippen LogP contribution is -2.45. The molecule has 0 amide bonds. The van der Waals surface area contributed by atoms with Crippen LogP contribution < -0.4 is 5.32 Å². The van der Waals surface area contributed by atoms with E-state index >= 15 is 0 Å². The first-order valence-corrected chi connectivity index (χ1v) is 5.64. The number of hydrogen-bond donors (Lipinski definition) is 1. The van der Waals surface area contributed by atoms with Gasteiger partial charge in [0.25, 0.3) is 0 Å². The van der Waals surface area contributed by atoms with Crippen molar-refractivity contribution < 1.29 is 0 Å². The Kier molecular flexibility index (Phi) is 6.03. The van der Waals surface area contributed by atoms with Crippen LogP contribution in [0.3, 0.4) is 0 Å². The first kappa shape index (κ1) is 14.0. The van der Waals surface area contributed by atoms with E-state index < -0.39 is 5.41 Å². The van der Waals surface area contributed by atoms with E-state index in [0.29, 0.717) is 0 Å². The van der Waals surface area contributed by atoms with E-state index in [4.69, 9.17) is 5.26 Å². The molecule has 3 heteroatoms. The van der Waals surface area contributed by atoms with E-state index in [-0.39, 0.29) is 0 Å². The third kappa shape index (κ3) is 3.93. The van der Waals surface area contributed by atoms with Crippen molar-refractivity contribution in [3.05, 3.63) is 12.3 Å². The largest absolute Gasteiger partial charge is 0.371 e. The lowest BCUT2D eigenvalue weighted by molar-refractivity contribution is 0.257. The van der Waals surface area contributed by atoms with Crippen LogP contribution in [-0.2, 0) is 0 Å². The zero-order chi connectivity index (χ0) is 11.9. The summed E-state index contributed by atoms with van der Waals surface area (Å²) in [4.78, 5) is 2.19. The molecule has 1 heterocycles. The van der Waals surface area contributed by atoms with Crippen LogP contribution in [0.4, 0.5) is 0 Å². The van der Waals surface area contributed by atoms with Crippen LogP contribution in [0.2, 0.25) is 0 Å². The zero-order valence-electron chi connectivity index (χ0n) is 10.4. The summed E-state index contributed by atoms with van der Waals surface area (Å²) in [6, 6.07) is 2.28. The van der Waals surface area contributed by atoms with Gasteiger partial charge in [-0.25, -0.2) is 0 Å². The summed E-state index contributed by atoms with van der Waals surface area (Å²) in [5, 5.41) is 12.2. The number of nitrogens with one attached hydrogen (secondary N) is 1. The molecule has 1 saturated heterocycles. The topological polar surface area (TPSA) is 39.1 Å². The highest BCUT2D eigenvalue weighted by Gasteiger charge is 2.26. The van der Waals surface area contributed by atoms with Crippen molar-refractivity contribution >= 4 is 0 Å². The Morgan fingerprint density at radius 2 is 1.80 bits per heavy atom. The Bertz CT molecular complexity index is 232. The Morgan fingerprint density at radius 3 is 2.20 bits per heavy atom. The molecular formula is C12H23N3. The second-order valence-corrected chi connectivity index (χ2v) is 3.92. The van der Waals surface area contributed by atoms with E-state index in [1.54, 1.807) is 0 Å². The number of nitrogens with zero attached hydrogens (tertiary/aromatic N) is 2. The summed E-state index contributed by atoms with van der Waals surface area (Å²) in [7, 11) is 0. The molecule has 3 nitrogen and oxygen atoms in total. The smallest absolute Gasteiger partial charge is 0.0907 e. The minimum Gasteiger partial charge on any atom is -0.371 e. The van der Waals surface area contributed by atoms with Crippen LogP contribution in [0.5, 0.6) is 0 Å². The number of hydrogen-bond acceptors (Lipinski definition) is 3. The molecule has 0 aromatic rings. The quantitative estimate of drug-likeness (QED) is 0.756. The second kappa shape index (κ2) is 6.47. The van der Waals surface area contributed by atoms with Gasteiger partial charge in [0.05, 0.1) is 11.5 Å². The lowest BCUT2D eigenvalue weighted by atomic mass is 9.91. The molecule has 0 unspecified atom stereocenters. The average molecular weight is 209 g/mol. The molecular weight excluding hydrogens is 186 g/mol. The van der Waals surface area contributed by atoms with E-state index in [9.17, 15) is 0 Å². The van der Waals surface area contributed by atoms with Crippen molar-refractivity contribution in [2.45, 2.75) is 27.7 Å². The SMILES string of the molecule is C=C(N1CCNCC1)C(C)(C)C#N.CC. The Balaban J connectivity index is 0.000000921. The maximum absolute atomic E-state index is 8.94. The Hall–Kier alpha value is -1.01. The molecule has 1 aliphatic heterocycles. The van der Waals surface area contributed by atoms with Crippen LogP contribution >= 0.6 is 0 Å². The normalized spacial score (nSPS) is 16.1. The van der Waals surface area contributed by atoms with E-state index in [2.05, 4.69) is 22.9 Å². The second-order valence-electron chi connectivity index (χ2n) is 3.92. The predicted octanol–water partition coefficient (Wildman–Crippen LogP) is 1.98. The van der Waals surface area contributed by atoms with E-state index in [0.717, 1.165) is 31.9 Å².